The summed E-state index contributed by atoms with van der Waals surface area (Å²) in [6.07, 6.45) is -0.948. The molecule has 1 heterocycles. The van der Waals surface area contributed by atoms with Crippen molar-refractivity contribution in [2.24, 2.45) is 5.92 Å². The minimum absolute atomic E-state index is 0.0541. The van der Waals surface area contributed by atoms with E-state index in [9.17, 15) is 23.1 Å². The molecule has 0 aromatic carbocycles. The lowest BCUT2D eigenvalue weighted by atomic mass is 9.82. The zero-order chi connectivity index (χ0) is 15.0. The Morgan fingerprint density at radius 2 is 2.05 bits per heavy atom. The van der Waals surface area contributed by atoms with Gasteiger partial charge in [-0.05, 0) is 45.1 Å². The predicted molar refractivity (Wildman–Crippen MR) is 68.4 cm³/mol. The Bertz CT molecular complexity index is 372. The minimum atomic E-state index is -4.16. The topological polar surface area (TPSA) is 40.5 Å². The van der Waals surface area contributed by atoms with Crippen molar-refractivity contribution in [3.63, 3.8) is 0 Å². The number of carboxylic acid groups (broad SMARTS) is 1. The molecule has 1 aliphatic heterocycles. The highest BCUT2D eigenvalue weighted by molar-refractivity contribution is 5.79. The van der Waals surface area contributed by atoms with Crippen LogP contribution in [0.2, 0.25) is 0 Å². The number of rotatable bonds is 3. The molecule has 0 spiro atoms. The molecule has 1 saturated heterocycles. The van der Waals surface area contributed by atoms with Gasteiger partial charge in [-0.15, -0.1) is 0 Å². The zero-order valence-electron chi connectivity index (χ0n) is 11.7. The summed E-state index contributed by atoms with van der Waals surface area (Å²) in [5, 5.41) is 9.53. The zero-order valence-corrected chi connectivity index (χ0v) is 11.7. The first-order valence-corrected chi connectivity index (χ1v) is 7.38. The molecule has 0 amide bonds. The molecular formula is C14H22F3NO2. The molecule has 3 atom stereocenters. The van der Waals surface area contributed by atoms with Crippen LogP contribution in [0, 0.1) is 5.92 Å². The maximum Gasteiger partial charge on any atom is 0.391 e. The molecule has 3 nitrogen and oxygen atoms in total. The van der Waals surface area contributed by atoms with Crippen molar-refractivity contribution in [3.8, 4) is 0 Å². The molecule has 0 bridgehead atoms. The highest BCUT2D eigenvalue weighted by atomic mass is 19.4. The van der Waals surface area contributed by atoms with E-state index >= 15 is 0 Å². The standard InChI is InChI=1S/C14H22F3NO2/c1-2-13(12(19)20)7-4-8-18(13)11-6-3-5-10(9-11)14(15,16)17/h10-11H,2-9H2,1H3,(H,19,20). The van der Waals surface area contributed by atoms with Crippen LogP contribution in [-0.4, -0.2) is 40.3 Å². The van der Waals surface area contributed by atoms with Crippen molar-refractivity contribution in [2.45, 2.75) is 69.6 Å². The van der Waals surface area contributed by atoms with Crippen LogP contribution in [0.1, 0.15) is 51.9 Å². The quantitative estimate of drug-likeness (QED) is 0.866. The Kier molecular flexibility index (Phi) is 4.33. The minimum Gasteiger partial charge on any atom is -0.480 e. The number of carbonyl (C=O) groups is 1. The fourth-order valence-electron chi connectivity index (χ4n) is 3.94. The van der Waals surface area contributed by atoms with E-state index in [1.54, 1.807) is 0 Å². The molecule has 20 heavy (non-hydrogen) atoms. The first kappa shape index (κ1) is 15.6. The highest BCUT2D eigenvalue weighted by Crippen LogP contribution is 2.43. The van der Waals surface area contributed by atoms with Gasteiger partial charge in [-0.1, -0.05) is 13.3 Å². The van der Waals surface area contributed by atoms with Gasteiger partial charge in [-0.25, -0.2) is 0 Å². The monoisotopic (exact) mass is 293 g/mol. The molecule has 6 heteroatoms. The van der Waals surface area contributed by atoms with E-state index in [4.69, 9.17) is 0 Å². The normalized spacial score (nSPS) is 36.2. The molecule has 0 radical (unpaired) electrons. The van der Waals surface area contributed by atoms with E-state index in [0.29, 0.717) is 32.2 Å². The van der Waals surface area contributed by atoms with E-state index in [1.807, 2.05) is 11.8 Å². The van der Waals surface area contributed by atoms with Gasteiger partial charge < -0.3 is 5.11 Å². The van der Waals surface area contributed by atoms with Crippen LogP contribution >= 0.6 is 0 Å². The molecule has 1 saturated carbocycles. The molecule has 116 valence electrons. The molecule has 2 fully saturated rings. The first-order valence-electron chi connectivity index (χ1n) is 7.38. The van der Waals surface area contributed by atoms with Crippen molar-refractivity contribution in [1.82, 2.24) is 4.90 Å². The third-order valence-corrected chi connectivity index (χ3v) is 5.07. The maximum atomic E-state index is 12.9. The summed E-state index contributed by atoms with van der Waals surface area (Å²) in [6.45, 7) is 2.42. The number of halogens is 3. The number of hydrogen-bond acceptors (Lipinski definition) is 2. The highest BCUT2D eigenvalue weighted by Gasteiger charge is 2.51. The van der Waals surface area contributed by atoms with Crippen molar-refractivity contribution in [2.75, 3.05) is 6.54 Å². The molecule has 3 unspecified atom stereocenters. The molecule has 0 aromatic rings. The predicted octanol–water partition coefficient (Wildman–Crippen LogP) is 3.44. The summed E-state index contributed by atoms with van der Waals surface area (Å²) in [4.78, 5) is 13.5. The maximum absolute atomic E-state index is 12.9. The summed E-state index contributed by atoms with van der Waals surface area (Å²) in [5.41, 5.74) is -0.946. The Morgan fingerprint density at radius 1 is 1.35 bits per heavy atom. The van der Waals surface area contributed by atoms with E-state index < -0.39 is 23.6 Å². The summed E-state index contributed by atoms with van der Waals surface area (Å²) < 4.78 is 38.7. The van der Waals surface area contributed by atoms with Gasteiger partial charge in [0, 0.05) is 6.04 Å². The number of alkyl halides is 3. The van der Waals surface area contributed by atoms with Crippen LogP contribution in [0.4, 0.5) is 13.2 Å². The van der Waals surface area contributed by atoms with Gasteiger partial charge in [-0.3, -0.25) is 9.69 Å². The number of carboxylic acids is 1. The number of hydrogen-bond donors (Lipinski definition) is 1. The molecule has 2 rings (SSSR count). The Labute approximate surface area is 117 Å². The summed E-state index contributed by atoms with van der Waals surface area (Å²) in [7, 11) is 0. The van der Waals surface area contributed by atoms with Crippen LogP contribution in [0.5, 0.6) is 0 Å². The van der Waals surface area contributed by atoms with Crippen molar-refractivity contribution < 1.29 is 23.1 Å². The molecule has 0 aromatic heterocycles. The smallest absolute Gasteiger partial charge is 0.391 e. The van der Waals surface area contributed by atoms with Crippen LogP contribution in [0.25, 0.3) is 0 Å². The van der Waals surface area contributed by atoms with E-state index in [-0.39, 0.29) is 18.9 Å². The van der Waals surface area contributed by atoms with Gasteiger partial charge in [0.25, 0.3) is 0 Å². The fourth-order valence-corrected chi connectivity index (χ4v) is 3.94. The van der Waals surface area contributed by atoms with Crippen molar-refractivity contribution in [1.29, 1.82) is 0 Å². The van der Waals surface area contributed by atoms with Gasteiger partial charge in [-0.2, -0.15) is 13.2 Å². The number of likely N-dealkylation sites (tertiary alicyclic amines) is 1. The lowest BCUT2D eigenvalue weighted by Crippen LogP contribution is -2.55. The first-order chi connectivity index (χ1) is 9.31. The van der Waals surface area contributed by atoms with Crippen molar-refractivity contribution >= 4 is 5.97 Å². The molecule has 1 N–H and O–H groups in total. The van der Waals surface area contributed by atoms with Gasteiger partial charge in [0.15, 0.2) is 0 Å². The van der Waals surface area contributed by atoms with E-state index in [0.717, 1.165) is 6.42 Å². The van der Waals surface area contributed by atoms with Crippen LogP contribution < -0.4 is 0 Å². The second-order valence-corrected chi connectivity index (χ2v) is 6.05. The van der Waals surface area contributed by atoms with Gasteiger partial charge >= 0.3 is 12.1 Å². The molecule has 2 aliphatic rings. The van der Waals surface area contributed by atoms with Crippen LogP contribution in [0.3, 0.4) is 0 Å². The van der Waals surface area contributed by atoms with Crippen LogP contribution in [-0.2, 0) is 4.79 Å². The molecular weight excluding hydrogens is 271 g/mol. The average molecular weight is 293 g/mol. The van der Waals surface area contributed by atoms with E-state index in [2.05, 4.69) is 0 Å². The van der Waals surface area contributed by atoms with Crippen molar-refractivity contribution in [3.05, 3.63) is 0 Å². The van der Waals surface area contributed by atoms with E-state index in [1.165, 1.54) is 0 Å². The Morgan fingerprint density at radius 3 is 2.60 bits per heavy atom. The molecule has 1 aliphatic carbocycles. The largest absolute Gasteiger partial charge is 0.480 e. The lowest BCUT2D eigenvalue weighted by molar-refractivity contribution is -0.189. The SMILES string of the molecule is CCC1(C(=O)O)CCCN1C1CCCC(C(F)(F)F)C1. The summed E-state index contributed by atoms with van der Waals surface area (Å²) >= 11 is 0. The average Bonchev–Trinajstić information content (AvgIpc) is 2.83. The second kappa shape index (κ2) is 5.54. The van der Waals surface area contributed by atoms with Gasteiger partial charge in [0.1, 0.15) is 5.54 Å². The third-order valence-electron chi connectivity index (χ3n) is 5.07. The third kappa shape index (κ3) is 2.67. The number of nitrogens with zero attached hydrogens (tertiary/aromatic N) is 1. The lowest BCUT2D eigenvalue weighted by Gasteiger charge is -2.43. The fraction of sp³-hybridized carbons (Fsp3) is 0.929. The van der Waals surface area contributed by atoms with Gasteiger partial charge in [0.05, 0.1) is 5.92 Å². The van der Waals surface area contributed by atoms with Gasteiger partial charge in [0.2, 0.25) is 0 Å². The van der Waals surface area contributed by atoms with Crippen LogP contribution in [0.15, 0.2) is 0 Å². The Hall–Kier alpha value is -0.780. The summed E-state index contributed by atoms with van der Waals surface area (Å²) in [6, 6.07) is -0.242. The summed E-state index contributed by atoms with van der Waals surface area (Å²) in [5.74, 6) is -2.16. The second-order valence-electron chi connectivity index (χ2n) is 6.05. The number of aliphatic carboxylic acids is 1. The Balaban J connectivity index is 2.16.